The van der Waals surface area contributed by atoms with Gasteiger partial charge in [0.25, 0.3) is 11.8 Å². The van der Waals surface area contributed by atoms with E-state index in [4.69, 9.17) is 19.6 Å². The van der Waals surface area contributed by atoms with Crippen LogP contribution in [-0.4, -0.2) is 67.6 Å². The average Bonchev–Trinajstić information content (AvgIpc) is 3.16. The number of primary amides is 1. The Morgan fingerprint density at radius 2 is 1.76 bits per heavy atom. The van der Waals surface area contributed by atoms with Crippen LogP contribution in [0.2, 0.25) is 0 Å². The SMILES string of the molecule is Cc1cc2oc3c(c(=O)c2cc1C)[C@H](c1ccc(OCC(N)=O)cc1)N(CCCN1CCOCC1)C3=O. The highest BCUT2D eigenvalue weighted by molar-refractivity contribution is 5.99. The zero-order valence-corrected chi connectivity index (χ0v) is 21.1. The monoisotopic (exact) mass is 505 g/mol. The highest BCUT2D eigenvalue weighted by atomic mass is 16.5. The number of carbonyl (C=O) groups excluding carboxylic acids is 2. The van der Waals surface area contributed by atoms with Crippen molar-refractivity contribution in [2.45, 2.75) is 26.3 Å². The fraction of sp³-hybridized carbons (Fsp3) is 0.393. The summed E-state index contributed by atoms with van der Waals surface area (Å²) < 4.78 is 16.9. The number of hydrogen-bond acceptors (Lipinski definition) is 7. The third kappa shape index (κ3) is 4.97. The molecule has 1 fully saturated rings. The molecule has 0 bridgehead atoms. The lowest BCUT2D eigenvalue weighted by Gasteiger charge is -2.29. The molecule has 2 amide bonds. The third-order valence-electron chi connectivity index (χ3n) is 7.14. The van der Waals surface area contributed by atoms with Crippen LogP contribution in [0.25, 0.3) is 11.0 Å². The minimum absolute atomic E-state index is 0.103. The van der Waals surface area contributed by atoms with Crippen LogP contribution in [-0.2, 0) is 9.53 Å². The van der Waals surface area contributed by atoms with E-state index in [1.807, 2.05) is 38.1 Å². The molecular formula is C28H31N3O6. The van der Waals surface area contributed by atoms with Gasteiger partial charge in [-0.15, -0.1) is 0 Å². The molecule has 3 heterocycles. The number of amides is 2. The molecule has 9 nitrogen and oxygen atoms in total. The second kappa shape index (κ2) is 10.4. The van der Waals surface area contributed by atoms with Crippen molar-refractivity contribution in [2.75, 3.05) is 46.0 Å². The highest BCUT2D eigenvalue weighted by Crippen LogP contribution is 2.39. The molecule has 194 valence electrons. The molecule has 0 aliphatic carbocycles. The van der Waals surface area contributed by atoms with Crippen molar-refractivity contribution in [2.24, 2.45) is 5.73 Å². The summed E-state index contributed by atoms with van der Waals surface area (Å²) in [5.74, 6) is -0.275. The summed E-state index contributed by atoms with van der Waals surface area (Å²) in [6, 6.07) is 10.1. The van der Waals surface area contributed by atoms with Crippen molar-refractivity contribution in [3.63, 3.8) is 0 Å². The predicted molar refractivity (Wildman–Crippen MR) is 138 cm³/mol. The van der Waals surface area contributed by atoms with Crippen LogP contribution in [0.1, 0.15) is 45.3 Å². The van der Waals surface area contributed by atoms with Gasteiger partial charge in [-0.05, 0) is 61.2 Å². The second-order valence-electron chi connectivity index (χ2n) is 9.64. The van der Waals surface area contributed by atoms with Gasteiger partial charge in [-0.2, -0.15) is 0 Å². The number of aryl methyl sites for hydroxylation is 2. The maximum Gasteiger partial charge on any atom is 0.290 e. The van der Waals surface area contributed by atoms with Crippen molar-refractivity contribution in [3.05, 3.63) is 74.6 Å². The molecule has 2 aliphatic heterocycles. The summed E-state index contributed by atoms with van der Waals surface area (Å²) in [7, 11) is 0. The third-order valence-corrected chi connectivity index (χ3v) is 7.14. The number of fused-ring (bicyclic) bond motifs is 2. The molecule has 3 aromatic rings. The number of carbonyl (C=O) groups is 2. The van der Waals surface area contributed by atoms with Crippen LogP contribution in [0.3, 0.4) is 0 Å². The summed E-state index contributed by atoms with van der Waals surface area (Å²) >= 11 is 0. The Labute approximate surface area is 214 Å². The van der Waals surface area contributed by atoms with Gasteiger partial charge in [-0.1, -0.05) is 12.1 Å². The lowest BCUT2D eigenvalue weighted by Crippen LogP contribution is -2.38. The Morgan fingerprint density at radius 3 is 2.46 bits per heavy atom. The van der Waals surface area contributed by atoms with Crippen molar-refractivity contribution in [3.8, 4) is 5.75 Å². The van der Waals surface area contributed by atoms with Gasteiger partial charge < -0.3 is 24.5 Å². The van der Waals surface area contributed by atoms with E-state index in [-0.39, 0.29) is 23.7 Å². The second-order valence-corrected chi connectivity index (χ2v) is 9.64. The summed E-state index contributed by atoms with van der Waals surface area (Å²) in [4.78, 5) is 42.5. The van der Waals surface area contributed by atoms with E-state index in [2.05, 4.69) is 4.90 Å². The van der Waals surface area contributed by atoms with E-state index in [0.29, 0.717) is 42.0 Å². The maximum absolute atomic E-state index is 13.8. The van der Waals surface area contributed by atoms with E-state index in [0.717, 1.165) is 42.7 Å². The molecule has 0 radical (unpaired) electrons. The van der Waals surface area contributed by atoms with Gasteiger partial charge in [0.2, 0.25) is 5.76 Å². The van der Waals surface area contributed by atoms with E-state index in [1.165, 1.54) is 0 Å². The number of morpholine rings is 1. The Bertz CT molecular complexity index is 1390. The van der Waals surface area contributed by atoms with Gasteiger partial charge in [0.15, 0.2) is 12.0 Å². The van der Waals surface area contributed by atoms with E-state index in [1.54, 1.807) is 17.0 Å². The maximum atomic E-state index is 13.8. The standard InChI is InChI=1S/C28H31N3O6/c1-17-14-21-22(15-18(17)2)37-27-24(26(21)33)25(19-4-6-20(7-5-19)36-16-23(29)32)31(28(27)34)9-3-8-30-10-12-35-13-11-30/h4-7,14-15,25H,3,8-13,16H2,1-2H3,(H2,29,32)/t25-/m0/s1. The van der Waals surface area contributed by atoms with Crippen molar-refractivity contribution < 1.29 is 23.5 Å². The lowest BCUT2D eigenvalue weighted by atomic mass is 9.97. The first kappa shape index (κ1) is 25.0. The van der Waals surface area contributed by atoms with E-state index < -0.39 is 11.9 Å². The van der Waals surface area contributed by atoms with Gasteiger partial charge in [0.05, 0.1) is 30.2 Å². The predicted octanol–water partition coefficient (Wildman–Crippen LogP) is 2.54. The Balaban J connectivity index is 1.51. The first-order valence-corrected chi connectivity index (χ1v) is 12.5. The molecule has 37 heavy (non-hydrogen) atoms. The molecule has 5 rings (SSSR count). The summed E-state index contributed by atoms with van der Waals surface area (Å²) in [5, 5.41) is 0.469. The zero-order valence-electron chi connectivity index (χ0n) is 21.1. The van der Waals surface area contributed by atoms with Crippen LogP contribution >= 0.6 is 0 Å². The fourth-order valence-electron chi connectivity index (χ4n) is 5.04. The van der Waals surface area contributed by atoms with Gasteiger partial charge in [-0.25, -0.2) is 0 Å². The number of nitrogens with two attached hydrogens (primary N) is 1. The van der Waals surface area contributed by atoms with Gasteiger partial charge >= 0.3 is 0 Å². The van der Waals surface area contributed by atoms with E-state index in [9.17, 15) is 14.4 Å². The van der Waals surface area contributed by atoms with E-state index >= 15 is 0 Å². The first-order valence-electron chi connectivity index (χ1n) is 12.5. The van der Waals surface area contributed by atoms with Crippen LogP contribution in [0, 0.1) is 13.8 Å². The zero-order chi connectivity index (χ0) is 26.1. The number of ether oxygens (including phenoxy) is 2. The molecular weight excluding hydrogens is 474 g/mol. The van der Waals surface area contributed by atoms with Crippen molar-refractivity contribution in [1.29, 1.82) is 0 Å². The number of rotatable bonds is 8. The Hall–Kier alpha value is -3.69. The number of nitrogens with zero attached hydrogens (tertiary/aromatic N) is 2. The number of hydrogen-bond donors (Lipinski definition) is 1. The smallest absolute Gasteiger partial charge is 0.290 e. The molecule has 9 heteroatoms. The molecule has 0 saturated carbocycles. The van der Waals surface area contributed by atoms with Gasteiger partial charge in [0, 0.05) is 26.2 Å². The Kier molecular flexibility index (Phi) is 6.99. The van der Waals surface area contributed by atoms with Crippen molar-refractivity contribution >= 4 is 22.8 Å². The molecule has 2 aliphatic rings. The fourth-order valence-corrected chi connectivity index (χ4v) is 5.04. The largest absolute Gasteiger partial charge is 0.484 e. The van der Waals surface area contributed by atoms with Crippen LogP contribution < -0.4 is 15.9 Å². The van der Waals surface area contributed by atoms with Crippen LogP contribution in [0.5, 0.6) is 5.75 Å². The quantitative estimate of drug-likeness (QED) is 0.500. The van der Waals surface area contributed by atoms with Gasteiger partial charge in [0.1, 0.15) is 11.3 Å². The molecule has 0 unspecified atom stereocenters. The minimum atomic E-state index is -0.584. The minimum Gasteiger partial charge on any atom is -0.484 e. The molecule has 1 atom stereocenters. The summed E-state index contributed by atoms with van der Waals surface area (Å²) in [6.45, 7) is 8.14. The molecule has 2 N–H and O–H groups in total. The summed E-state index contributed by atoms with van der Waals surface area (Å²) in [6.07, 6.45) is 0.752. The van der Waals surface area contributed by atoms with Crippen molar-refractivity contribution in [1.82, 2.24) is 9.80 Å². The average molecular weight is 506 g/mol. The van der Waals surface area contributed by atoms with Crippen LogP contribution in [0.15, 0.2) is 45.6 Å². The normalized spacial score (nSPS) is 17.8. The highest BCUT2D eigenvalue weighted by Gasteiger charge is 2.42. The van der Waals surface area contributed by atoms with Crippen LogP contribution in [0.4, 0.5) is 0 Å². The molecule has 0 spiro atoms. The Morgan fingerprint density at radius 1 is 1.05 bits per heavy atom. The lowest BCUT2D eigenvalue weighted by molar-refractivity contribution is -0.119. The molecule has 1 saturated heterocycles. The number of benzene rings is 2. The van der Waals surface area contributed by atoms with Gasteiger partial charge in [-0.3, -0.25) is 19.3 Å². The topological polar surface area (TPSA) is 115 Å². The summed E-state index contributed by atoms with van der Waals surface area (Å²) in [5.41, 5.74) is 8.50. The first-order chi connectivity index (χ1) is 17.8. The molecule has 2 aromatic carbocycles. The molecule has 1 aromatic heterocycles.